The van der Waals surface area contributed by atoms with E-state index in [4.69, 9.17) is 4.74 Å². The Labute approximate surface area is 232 Å². The van der Waals surface area contributed by atoms with Gasteiger partial charge in [-0.25, -0.2) is 8.42 Å². The Balaban J connectivity index is 1.33. The van der Waals surface area contributed by atoms with Gasteiger partial charge in [-0.2, -0.15) is 9.41 Å². The highest BCUT2D eigenvalue weighted by Crippen LogP contribution is 2.34. The van der Waals surface area contributed by atoms with Gasteiger partial charge >= 0.3 is 0 Å². The highest BCUT2D eigenvalue weighted by atomic mass is 32.2. The van der Waals surface area contributed by atoms with Crippen molar-refractivity contribution in [3.05, 3.63) is 119 Å². The summed E-state index contributed by atoms with van der Waals surface area (Å²) >= 11 is 0. The summed E-state index contributed by atoms with van der Waals surface area (Å²) in [6.45, 7) is 0.974. The van der Waals surface area contributed by atoms with Crippen molar-refractivity contribution < 1.29 is 18.1 Å². The Morgan fingerprint density at radius 3 is 2.00 bits per heavy atom. The predicted molar refractivity (Wildman–Crippen MR) is 155 cm³/mol. The Bertz CT molecular complexity index is 1550. The Hall–Kier alpha value is -4.58. The maximum atomic E-state index is 12.9. The Kier molecular flexibility index (Phi) is 8.15. The summed E-state index contributed by atoms with van der Waals surface area (Å²) in [7, 11) is -3.87. The van der Waals surface area contributed by atoms with Gasteiger partial charge in [0.25, 0.3) is 5.69 Å². The molecule has 0 atom stereocenters. The molecule has 1 saturated heterocycles. The number of sulfonamides is 1. The van der Waals surface area contributed by atoms with Crippen molar-refractivity contribution >= 4 is 44.7 Å². The number of para-hydroxylation sites is 2. The minimum Gasteiger partial charge on any atom is -0.379 e. The summed E-state index contributed by atoms with van der Waals surface area (Å²) in [5.74, 6) is 0. The fourth-order valence-corrected chi connectivity index (χ4v) is 5.77. The first kappa shape index (κ1) is 27.0. The molecular formula is C29H27N5O5S. The van der Waals surface area contributed by atoms with E-state index >= 15 is 0 Å². The summed E-state index contributed by atoms with van der Waals surface area (Å²) in [5.41, 5.74) is 6.13. The van der Waals surface area contributed by atoms with E-state index in [9.17, 15) is 18.5 Å². The van der Waals surface area contributed by atoms with Crippen molar-refractivity contribution in [2.75, 3.05) is 36.6 Å². The van der Waals surface area contributed by atoms with Gasteiger partial charge < -0.3 is 9.64 Å². The number of ether oxygens (including phenoxy) is 1. The second-order valence-corrected chi connectivity index (χ2v) is 10.9. The van der Waals surface area contributed by atoms with Gasteiger partial charge in [0.1, 0.15) is 5.69 Å². The normalized spacial score (nSPS) is 14.2. The van der Waals surface area contributed by atoms with E-state index in [0.717, 1.165) is 28.7 Å². The lowest BCUT2D eigenvalue weighted by Gasteiger charge is -2.26. The second-order valence-electron chi connectivity index (χ2n) is 8.92. The number of hydrogen-bond donors (Lipinski definition) is 1. The van der Waals surface area contributed by atoms with Gasteiger partial charge in [-0.15, -0.1) is 0 Å². The predicted octanol–water partition coefficient (Wildman–Crippen LogP) is 5.53. The Morgan fingerprint density at radius 2 is 1.43 bits per heavy atom. The number of nitro benzene ring substituents is 1. The molecule has 4 aromatic rings. The quantitative estimate of drug-likeness (QED) is 0.163. The monoisotopic (exact) mass is 557 g/mol. The van der Waals surface area contributed by atoms with Crippen molar-refractivity contribution in [3.8, 4) is 0 Å². The molecule has 0 spiro atoms. The number of benzene rings is 4. The zero-order valence-electron chi connectivity index (χ0n) is 21.5. The molecule has 1 heterocycles. The van der Waals surface area contributed by atoms with Crippen LogP contribution in [0.1, 0.15) is 5.56 Å². The van der Waals surface area contributed by atoms with E-state index in [1.807, 2.05) is 84.9 Å². The molecule has 0 radical (unpaired) electrons. The first-order chi connectivity index (χ1) is 19.4. The van der Waals surface area contributed by atoms with Crippen LogP contribution in [0.25, 0.3) is 0 Å². The largest absolute Gasteiger partial charge is 0.379 e. The smallest absolute Gasteiger partial charge is 0.295 e. The number of morpholine rings is 1. The minimum absolute atomic E-state index is 0.0816. The lowest BCUT2D eigenvalue weighted by atomic mass is 10.1. The van der Waals surface area contributed by atoms with Crippen LogP contribution in [0, 0.1) is 10.1 Å². The Morgan fingerprint density at radius 1 is 0.850 bits per heavy atom. The fraction of sp³-hybridized carbons (Fsp3) is 0.138. The number of nitrogens with zero attached hydrogens (tertiary/aromatic N) is 4. The van der Waals surface area contributed by atoms with Crippen LogP contribution >= 0.6 is 0 Å². The molecule has 1 aliphatic rings. The minimum atomic E-state index is -3.87. The zero-order chi connectivity index (χ0) is 28.0. The van der Waals surface area contributed by atoms with Gasteiger partial charge in [0.05, 0.1) is 29.2 Å². The number of anilines is 4. The van der Waals surface area contributed by atoms with Crippen LogP contribution in [0.3, 0.4) is 0 Å². The molecule has 0 aromatic heterocycles. The standard InChI is InChI=1S/C29H27N5O5S/c35-34(36)29-21-27(40(37,38)32-17-19-39-20-18-32)15-16-28(29)31-30-22-23-11-13-26(14-12-23)33(24-7-3-1-4-8-24)25-9-5-2-6-10-25/h1-16,21-22,31H,17-20H2/b30-22+. The number of nitro groups is 1. The number of hydrogen-bond acceptors (Lipinski definition) is 8. The molecular weight excluding hydrogens is 530 g/mol. The first-order valence-electron chi connectivity index (χ1n) is 12.6. The SMILES string of the molecule is O=[N+]([O-])c1cc(S(=O)(=O)N2CCOCC2)ccc1N/N=C/c1ccc(N(c2ccccc2)c2ccccc2)cc1. The molecule has 40 heavy (non-hydrogen) atoms. The van der Waals surface area contributed by atoms with E-state index in [0.29, 0.717) is 0 Å². The van der Waals surface area contributed by atoms with Crippen LogP contribution in [0.4, 0.5) is 28.4 Å². The van der Waals surface area contributed by atoms with Crippen LogP contribution in [-0.4, -0.2) is 50.2 Å². The van der Waals surface area contributed by atoms with Crippen molar-refractivity contribution in [2.24, 2.45) is 5.10 Å². The summed E-state index contributed by atoms with van der Waals surface area (Å²) in [6, 6.07) is 31.5. The van der Waals surface area contributed by atoms with Crippen molar-refractivity contribution in [3.63, 3.8) is 0 Å². The van der Waals surface area contributed by atoms with Gasteiger partial charge in [-0.3, -0.25) is 15.5 Å². The van der Waals surface area contributed by atoms with Crippen LogP contribution in [0.5, 0.6) is 0 Å². The molecule has 0 unspecified atom stereocenters. The van der Waals surface area contributed by atoms with Gasteiger partial charge in [0, 0.05) is 36.2 Å². The second kappa shape index (κ2) is 12.1. The third-order valence-electron chi connectivity index (χ3n) is 6.35. The van der Waals surface area contributed by atoms with Gasteiger partial charge in [0.15, 0.2) is 0 Å². The molecule has 5 rings (SSSR count). The first-order valence-corrected chi connectivity index (χ1v) is 14.0. The van der Waals surface area contributed by atoms with Crippen molar-refractivity contribution in [2.45, 2.75) is 4.90 Å². The molecule has 0 saturated carbocycles. The molecule has 1 fully saturated rings. The van der Waals surface area contributed by atoms with Crippen molar-refractivity contribution in [1.82, 2.24) is 4.31 Å². The molecule has 4 aromatic carbocycles. The van der Waals surface area contributed by atoms with E-state index in [1.165, 1.54) is 16.4 Å². The van der Waals surface area contributed by atoms with Gasteiger partial charge in [-0.05, 0) is 54.1 Å². The van der Waals surface area contributed by atoms with Gasteiger partial charge in [0.2, 0.25) is 10.0 Å². The molecule has 0 bridgehead atoms. The molecule has 1 N–H and O–H groups in total. The molecule has 0 aliphatic carbocycles. The third kappa shape index (κ3) is 6.01. The van der Waals surface area contributed by atoms with E-state index in [1.54, 1.807) is 6.21 Å². The summed E-state index contributed by atoms with van der Waals surface area (Å²) in [4.78, 5) is 13.1. The average molecular weight is 558 g/mol. The number of rotatable bonds is 9. The summed E-state index contributed by atoms with van der Waals surface area (Å²) < 4.78 is 32.3. The highest BCUT2D eigenvalue weighted by Gasteiger charge is 2.28. The third-order valence-corrected chi connectivity index (χ3v) is 8.25. The van der Waals surface area contributed by atoms with Gasteiger partial charge in [-0.1, -0.05) is 48.5 Å². The fourth-order valence-electron chi connectivity index (χ4n) is 4.34. The number of hydrazone groups is 1. The van der Waals surface area contributed by atoms with Crippen LogP contribution in [0.2, 0.25) is 0 Å². The molecule has 1 aliphatic heterocycles. The van der Waals surface area contributed by atoms with Crippen LogP contribution in [0.15, 0.2) is 113 Å². The highest BCUT2D eigenvalue weighted by molar-refractivity contribution is 7.89. The van der Waals surface area contributed by atoms with Crippen molar-refractivity contribution in [1.29, 1.82) is 0 Å². The van der Waals surface area contributed by atoms with Crippen LogP contribution < -0.4 is 10.3 Å². The van der Waals surface area contributed by atoms with E-state index in [-0.39, 0.29) is 42.6 Å². The topological polar surface area (TPSA) is 117 Å². The molecule has 0 amide bonds. The average Bonchev–Trinajstić information content (AvgIpc) is 2.99. The maximum Gasteiger partial charge on any atom is 0.295 e. The lowest BCUT2D eigenvalue weighted by molar-refractivity contribution is -0.384. The summed E-state index contributed by atoms with van der Waals surface area (Å²) in [5, 5.41) is 15.9. The molecule has 10 nitrogen and oxygen atoms in total. The van der Waals surface area contributed by atoms with E-state index < -0.39 is 14.9 Å². The summed E-state index contributed by atoms with van der Waals surface area (Å²) in [6.07, 6.45) is 1.54. The zero-order valence-corrected chi connectivity index (χ0v) is 22.3. The van der Waals surface area contributed by atoms with Crippen LogP contribution in [-0.2, 0) is 14.8 Å². The lowest BCUT2D eigenvalue weighted by Crippen LogP contribution is -2.40. The molecule has 11 heteroatoms. The van der Waals surface area contributed by atoms with E-state index in [2.05, 4.69) is 15.4 Å². The maximum absolute atomic E-state index is 12.9. The molecule has 204 valence electrons. The number of nitrogens with one attached hydrogen (secondary N) is 1.